The van der Waals surface area contributed by atoms with E-state index in [1.54, 1.807) is 31.2 Å². The van der Waals surface area contributed by atoms with Crippen molar-refractivity contribution < 1.29 is 9.90 Å². The molecule has 0 amide bonds. The molecule has 1 aromatic heterocycles. The maximum atomic E-state index is 11.1. The summed E-state index contributed by atoms with van der Waals surface area (Å²) in [5, 5.41) is 16.1. The second kappa shape index (κ2) is 7.41. The molecule has 3 rings (SSSR count). The van der Waals surface area contributed by atoms with E-state index >= 15 is 0 Å². The second-order valence-electron chi connectivity index (χ2n) is 5.78. The smallest absolute Gasteiger partial charge is 0.335 e. The molecular formula is C19H17ClN4O2. The van der Waals surface area contributed by atoms with E-state index in [1.165, 1.54) is 6.07 Å². The number of carboxylic acids is 1. The van der Waals surface area contributed by atoms with Crippen molar-refractivity contribution in [3.63, 3.8) is 0 Å². The van der Waals surface area contributed by atoms with Gasteiger partial charge in [0, 0.05) is 22.5 Å². The van der Waals surface area contributed by atoms with Crippen LogP contribution < -0.4 is 10.6 Å². The van der Waals surface area contributed by atoms with Gasteiger partial charge in [0.25, 0.3) is 0 Å². The predicted octanol–water partition coefficient (Wildman–Crippen LogP) is 4.93. The number of aromatic nitrogens is 2. The first-order chi connectivity index (χ1) is 12.4. The number of carboxylic acid groups (broad SMARTS) is 1. The summed E-state index contributed by atoms with van der Waals surface area (Å²) in [5.41, 5.74) is 2.73. The molecule has 0 aliphatic rings. The number of rotatable bonds is 5. The topological polar surface area (TPSA) is 87.1 Å². The van der Waals surface area contributed by atoms with Gasteiger partial charge in [0.2, 0.25) is 0 Å². The van der Waals surface area contributed by atoms with Gasteiger partial charge in [0.15, 0.2) is 0 Å². The monoisotopic (exact) mass is 368 g/mol. The Bertz CT molecular complexity index is 976. The Morgan fingerprint density at radius 2 is 1.73 bits per heavy atom. The highest BCUT2D eigenvalue weighted by atomic mass is 35.5. The second-order valence-corrected chi connectivity index (χ2v) is 6.22. The van der Waals surface area contributed by atoms with Gasteiger partial charge in [-0.2, -0.15) is 0 Å². The third kappa shape index (κ3) is 4.29. The van der Waals surface area contributed by atoms with Crippen molar-refractivity contribution in [2.75, 3.05) is 10.6 Å². The van der Waals surface area contributed by atoms with Crippen LogP contribution in [0, 0.1) is 13.8 Å². The Morgan fingerprint density at radius 3 is 2.42 bits per heavy atom. The molecule has 0 atom stereocenters. The van der Waals surface area contributed by atoms with Gasteiger partial charge in [-0.15, -0.1) is 0 Å². The molecule has 0 saturated heterocycles. The zero-order valence-corrected chi connectivity index (χ0v) is 15.0. The van der Waals surface area contributed by atoms with Crippen LogP contribution in [0.15, 0.2) is 48.5 Å². The van der Waals surface area contributed by atoms with Crippen molar-refractivity contribution in [2.24, 2.45) is 0 Å². The summed E-state index contributed by atoms with van der Waals surface area (Å²) >= 11 is 5.99. The number of nitrogens with zero attached hydrogens (tertiary/aromatic N) is 2. The van der Waals surface area contributed by atoms with E-state index in [0.717, 1.165) is 11.3 Å². The molecule has 0 aliphatic carbocycles. The Balaban J connectivity index is 1.85. The van der Waals surface area contributed by atoms with E-state index in [2.05, 4.69) is 20.6 Å². The molecule has 0 bridgehead atoms. The van der Waals surface area contributed by atoms with Gasteiger partial charge in [-0.25, -0.2) is 14.8 Å². The molecule has 132 valence electrons. The number of hydrogen-bond donors (Lipinski definition) is 3. The van der Waals surface area contributed by atoms with Gasteiger partial charge in [0.05, 0.1) is 5.56 Å². The predicted molar refractivity (Wildman–Crippen MR) is 103 cm³/mol. The van der Waals surface area contributed by atoms with Crippen molar-refractivity contribution in [1.29, 1.82) is 0 Å². The van der Waals surface area contributed by atoms with Crippen LogP contribution in [-0.2, 0) is 0 Å². The van der Waals surface area contributed by atoms with Crippen LogP contribution in [0.1, 0.15) is 21.7 Å². The maximum Gasteiger partial charge on any atom is 0.335 e. The number of nitrogens with one attached hydrogen (secondary N) is 2. The lowest BCUT2D eigenvalue weighted by molar-refractivity contribution is 0.0697. The lowest BCUT2D eigenvalue weighted by Crippen LogP contribution is -2.03. The fourth-order valence-electron chi connectivity index (χ4n) is 2.48. The van der Waals surface area contributed by atoms with E-state index < -0.39 is 5.97 Å². The summed E-state index contributed by atoms with van der Waals surface area (Å²) in [5.74, 6) is 0.792. The quantitative estimate of drug-likeness (QED) is 0.591. The standard InChI is InChI=1S/C19H17ClN4O2/c1-11-8-14(20)6-7-16(11)24-18-10-17(21-12(2)22-18)23-15-5-3-4-13(9-15)19(25)26/h3-10H,1-2H3,(H,25,26)(H2,21,22,23,24). The van der Waals surface area contributed by atoms with Gasteiger partial charge >= 0.3 is 5.97 Å². The summed E-state index contributed by atoms with van der Waals surface area (Å²) in [6, 6.07) is 13.9. The lowest BCUT2D eigenvalue weighted by Gasteiger charge is -2.12. The van der Waals surface area contributed by atoms with Crippen LogP contribution >= 0.6 is 11.6 Å². The van der Waals surface area contributed by atoms with E-state index in [0.29, 0.717) is 28.2 Å². The van der Waals surface area contributed by atoms with Crippen LogP contribution in [0.4, 0.5) is 23.0 Å². The fourth-order valence-corrected chi connectivity index (χ4v) is 2.71. The van der Waals surface area contributed by atoms with Gasteiger partial charge < -0.3 is 15.7 Å². The first kappa shape index (κ1) is 17.7. The number of anilines is 4. The van der Waals surface area contributed by atoms with Gasteiger partial charge in [-0.1, -0.05) is 17.7 Å². The lowest BCUT2D eigenvalue weighted by atomic mass is 10.2. The summed E-state index contributed by atoms with van der Waals surface area (Å²) < 4.78 is 0. The largest absolute Gasteiger partial charge is 0.478 e. The summed E-state index contributed by atoms with van der Waals surface area (Å²) in [6.45, 7) is 3.75. The third-order valence-electron chi connectivity index (χ3n) is 3.67. The minimum absolute atomic E-state index is 0.205. The van der Waals surface area contributed by atoms with Crippen molar-refractivity contribution in [2.45, 2.75) is 13.8 Å². The summed E-state index contributed by atoms with van der Waals surface area (Å²) in [7, 11) is 0. The maximum absolute atomic E-state index is 11.1. The molecule has 0 unspecified atom stereocenters. The molecule has 2 aromatic carbocycles. The van der Waals surface area contributed by atoms with E-state index in [4.69, 9.17) is 16.7 Å². The van der Waals surface area contributed by atoms with E-state index in [-0.39, 0.29) is 5.56 Å². The summed E-state index contributed by atoms with van der Waals surface area (Å²) in [4.78, 5) is 19.8. The molecule has 1 heterocycles. The Kier molecular flexibility index (Phi) is 5.04. The number of hydrogen-bond acceptors (Lipinski definition) is 5. The molecule has 0 spiro atoms. The van der Waals surface area contributed by atoms with Crippen LogP contribution in [0.5, 0.6) is 0 Å². The Labute approximate surface area is 155 Å². The van der Waals surface area contributed by atoms with E-state index in [1.807, 2.05) is 25.1 Å². The highest BCUT2D eigenvalue weighted by Crippen LogP contribution is 2.25. The van der Waals surface area contributed by atoms with Crippen molar-refractivity contribution in [1.82, 2.24) is 9.97 Å². The van der Waals surface area contributed by atoms with Crippen molar-refractivity contribution in [3.05, 3.63) is 70.5 Å². The normalized spacial score (nSPS) is 10.4. The van der Waals surface area contributed by atoms with Gasteiger partial charge in [-0.05, 0) is 55.8 Å². The highest BCUT2D eigenvalue weighted by Gasteiger charge is 2.07. The number of carbonyl (C=O) groups is 1. The Morgan fingerprint density at radius 1 is 1.00 bits per heavy atom. The molecule has 7 heteroatoms. The summed E-state index contributed by atoms with van der Waals surface area (Å²) in [6.07, 6.45) is 0. The first-order valence-corrected chi connectivity index (χ1v) is 8.28. The minimum Gasteiger partial charge on any atom is -0.478 e. The molecular weight excluding hydrogens is 352 g/mol. The van der Waals surface area contributed by atoms with Crippen molar-refractivity contribution in [3.8, 4) is 0 Å². The van der Waals surface area contributed by atoms with Crippen LogP contribution in [0.3, 0.4) is 0 Å². The van der Waals surface area contributed by atoms with Crippen LogP contribution in [0.25, 0.3) is 0 Å². The van der Waals surface area contributed by atoms with Crippen LogP contribution in [0.2, 0.25) is 5.02 Å². The molecule has 0 aliphatic heterocycles. The third-order valence-corrected chi connectivity index (χ3v) is 3.91. The average Bonchev–Trinajstić information content (AvgIpc) is 2.57. The van der Waals surface area contributed by atoms with Crippen LogP contribution in [-0.4, -0.2) is 21.0 Å². The van der Waals surface area contributed by atoms with Gasteiger partial charge in [-0.3, -0.25) is 0 Å². The highest BCUT2D eigenvalue weighted by molar-refractivity contribution is 6.30. The molecule has 3 aromatic rings. The first-order valence-electron chi connectivity index (χ1n) is 7.90. The molecule has 6 nitrogen and oxygen atoms in total. The molecule has 0 fully saturated rings. The number of aromatic carboxylic acids is 1. The number of halogens is 1. The minimum atomic E-state index is -0.979. The van der Waals surface area contributed by atoms with E-state index in [9.17, 15) is 4.79 Å². The zero-order chi connectivity index (χ0) is 18.7. The average molecular weight is 369 g/mol. The Hall–Kier alpha value is -3.12. The fraction of sp³-hybridized carbons (Fsp3) is 0.105. The van der Waals surface area contributed by atoms with Gasteiger partial charge in [0.1, 0.15) is 17.5 Å². The molecule has 26 heavy (non-hydrogen) atoms. The van der Waals surface area contributed by atoms with Crippen molar-refractivity contribution >= 4 is 40.6 Å². The SMILES string of the molecule is Cc1nc(Nc2cccc(C(=O)O)c2)cc(Nc2ccc(Cl)cc2C)n1. The zero-order valence-electron chi connectivity index (χ0n) is 14.2. The molecule has 0 radical (unpaired) electrons. The molecule has 3 N–H and O–H groups in total. The molecule has 0 saturated carbocycles. The number of aryl methyl sites for hydroxylation is 2. The number of benzene rings is 2.